The van der Waals surface area contributed by atoms with Crippen LogP contribution in [0, 0.1) is 0 Å². The van der Waals surface area contributed by atoms with E-state index < -0.39 is 0 Å². The highest BCUT2D eigenvalue weighted by atomic mass is 32.2. The van der Waals surface area contributed by atoms with Crippen LogP contribution in [0.5, 0.6) is 5.75 Å². The van der Waals surface area contributed by atoms with Crippen molar-refractivity contribution in [2.75, 3.05) is 18.9 Å². The molecule has 0 spiro atoms. The number of thioether (sulfide) groups is 1. The van der Waals surface area contributed by atoms with Gasteiger partial charge in [0, 0.05) is 7.05 Å². The summed E-state index contributed by atoms with van der Waals surface area (Å²) in [7, 11) is 1.67. The quantitative estimate of drug-likeness (QED) is 0.390. The highest BCUT2D eigenvalue weighted by molar-refractivity contribution is 7.99. The Kier molecular flexibility index (Phi) is 5.72. The van der Waals surface area contributed by atoms with Crippen molar-refractivity contribution in [1.29, 1.82) is 0 Å². The van der Waals surface area contributed by atoms with Gasteiger partial charge in [0.1, 0.15) is 17.2 Å². The molecular weight excluding hydrogens is 358 g/mol. The van der Waals surface area contributed by atoms with Crippen molar-refractivity contribution in [3.63, 3.8) is 0 Å². The van der Waals surface area contributed by atoms with Crippen LogP contribution in [-0.2, 0) is 11.8 Å². The van der Waals surface area contributed by atoms with Crippen LogP contribution in [0.3, 0.4) is 0 Å². The zero-order valence-corrected chi connectivity index (χ0v) is 15.2. The number of ether oxygens (including phenoxy) is 1. The Bertz CT molecular complexity index is 922. The average molecular weight is 375 g/mol. The first-order valence-electron chi connectivity index (χ1n) is 7.67. The zero-order chi connectivity index (χ0) is 17.6. The number of benzene rings is 1. The zero-order valence-electron chi connectivity index (χ0n) is 13.6. The molecule has 6 nitrogen and oxygen atoms in total. The fourth-order valence-corrected chi connectivity index (χ4v) is 3.77. The number of para-hydroxylation sites is 1. The minimum atomic E-state index is -0.123. The Hall–Kier alpha value is -2.32. The van der Waals surface area contributed by atoms with Crippen LogP contribution < -0.4 is 15.6 Å². The van der Waals surface area contributed by atoms with E-state index in [0.717, 1.165) is 5.75 Å². The van der Waals surface area contributed by atoms with Gasteiger partial charge in [-0.25, -0.2) is 4.98 Å². The van der Waals surface area contributed by atoms with Crippen LogP contribution in [0.25, 0.3) is 10.2 Å². The Morgan fingerprint density at radius 2 is 2.12 bits per heavy atom. The normalized spacial score (nSPS) is 10.8. The van der Waals surface area contributed by atoms with Gasteiger partial charge in [0.15, 0.2) is 5.16 Å². The lowest BCUT2D eigenvalue weighted by molar-refractivity contribution is -0.118. The van der Waals surface area contributed by atoms with Gasteiger partial charge in [-0.2, -0.15) is 0 Å². The van der Waals surface area contributed by atoms with Crippen LogP contribution in [-0.4, -0.2) is 34.4 Å². The summed E-state index contributed by atoms with van der Waals surface area (Å²) < 4.78 is 6.99. The first-order chi connectivity index (χ1) is 12.1. The Morgan fingerprint density at radius 3 is 2.92 bits per heavy atom. The maximum atomic E-state index is 12.2. The lowest BCUT2D eigenvalue weighted by Gasteiger charge is -2.09. The molecule has 0 aliphatic heterocycles. The third-order valence-electron chi connectivity index (χ3n) is 3.43. The standard InChI is InChI=1S/C17H17N3O3S2/c1-20-16(22)13-7-10-24-15(13)19-17(20)25-11-14(21)18-8-9-23-12-5-3-2-4-6-12/h2-7,10H,8-9,11H2,1H3,(H,18,21). The Morgan fingerprint density at radius 1 is 1.32 bits per heavy atom. The first-order valence-corrected chi connectivity index (χ1v) is 9.53. The molecule has 8 heteroatoms. The molecule has 0 radical (unpaired) electrons. The summed E-state index contributed by atoms with van der Waals surface area (Å²) >= 11 is 2.67. The lowest BCUT2D eigenvalue weighted by atomic mass is 10.3. The molecule has 25 heavy (non-hydrogen) atoms. The van der Waals surface area contributed by atoms with Crippen LogP contribution >= 0.6 is 23.1 Å². The van der Waals surface area contributed by atoms with E-state index in [1.807, 2.05) is 35.7 Å². The molecule has 3 aromatic rings. The highest BCUT2D eigenvalue weighted by Crippen LogP contribution is 2.20. The van der Waals surface area contributed by atoms with E-state index in [-0.39, 0.29) is 17.2 Å². The monoisotopic (exact) mass is 375 g/mol. The fraction of sp³-hybridized carbons (Fsp3) is 0.235. The number of hydrogen-bond acceptors (Lipinski definition) is 6. The number of carbonyl (C=O) groups excluding carboxylic acids is 1. The summed E-state index contributed by atoms with van der Waals surface area (Å²) in [5.74, 6) is 0.847. The summed E-state index contributed by atoms with van der Waals surface area (Å²) in [6.45, 7) is 0.822. The molecule has 2 heterocycles. The molecule has 0 unspecified atom stereocenters. The summed E-state index contributed by atoms with van der Waals surface area (Å²) in [5.41, 5.74) is -0.0922. The van der Waals surface area contributed by atoms with Gasteiger partial charge in [-0.3, -0.25) is 14.2 Å². The number of aromatic nitrogens is 2. The van der Waals surface area contributed by atoms with Crippen molar-refractivity contribution in [2.24, 2.45) is 7.05 Å². The van der Waals surface area contributed by atoms with Crippen molar-refractivity contribution in [1.82, 2.24) is 14.9 Å². The highest BCUT2D eigenvalue weighted by Gasteiger charge is 2.11. The maximum absolute atomic E-state index is 12.2. The molecular formula is C17H17N3O3S2. The number of nitrogens with zero attached hydrogens (tertiary/aromatic N) is 2. The molecule has 0 bridgehead atoms. The summed E-state index contributed by atoms with van der Waals surface area (Å²) in [4.78, 5) is 29.3. The van der Waals surface area contributed by atoms with Crippen molar-refractivity contribution in [2.45, 2.75) is 5.16 Å². The van der Waals surface area contributed by atoms with E-state index in [9.17, 15) is 9.59 Å². The smallest absolute Gasteiger partial charge is 0.262 e. The van der Waals surface area contributed by atoms with Gasteiger partial charge in [0.05, 0.1) is 17.7 Å². The number of rotatable bonds is 7. The van der Waals surface area contributed by atoms with Crippen molar-refractivity contribution in [3.8, 4) is 5.75 Å². The van der Waals surface area contributed by atoms with E-state index in [4.69, 9.17) is 4.74 Å². The third kappa shape index (κ3) is 4.40. The van der Waals surface area contributed by atoms with E-state index >= 15 is 0 Å². The number of amides is 1. The van der Waals surface area contributed by atoms with Crippen LogP contribution in [0.2, 0.25) is 0 Å². The second kappa shape index (κ2) is 8.17. The van der Waals surface area contributed by atoms with Gasteiger partial charge in [-0.15, -0.1) is 11.3 Å². The number of carbonyl (C=O) groups is 1. The molecule has 0 aliphatic carbocycles. The number of thiophene rings is 1. The van der Waals surface area contributed by atoms with E-state index in [0.29, 0.717) is 28.5 Å². The fourth-order valence-electron chi connectivity index (χ4n) is 2.17. The SMILES string of the molecule is Cn1c(SCC(=O)NCCOc2ccccc2)nc2sccc2c1=O. The predicted molar refractivity (Wildman–Crippen MR) is 101 cm³/mol. The second-order valence-electron chi connectivity index (χ2n) is 5.20. The van der Waals surface area contributed by atoms with Crippen LogP contribution in [0.1, 0.15) is 0 Å². The molecule has 1 N–H and O–H groups in total. The molecule has 1 aromatic carbocycles. The van der Waals surface area contributed by atoms with Crippen LogP contribution in [0.4, 0.5) is 0 Å². The van der Waals surface area contributed by atoms with Crippen molar-refractivity contribution < 1.29 is 9.53 Å². The Labute approximate surface area is 152 Å². The lowest BCUT2D eigenvalue weighted by Crippen LogP contribution is -2.30. The molecule has 0 atom stereocenters. The predicted octanol–water partition coefficient (Wildman–Crippen LogP) is 2.28. The van der Waals surface area contributed by atoms with Crippen molar-refractivity contribution in [3.05, 3.63) is 52.1 Å². The van der Waals surface area contributed by atoms with E-state index in [1.165, 1.54) is 27.7 Å². The molecule has 3 rings (SSSR count). The van der Waals surface area contributed by atoms with Gasteiger partial charge in [-0.05, 0) is 23.6 Å². The maximum Gasteiger partial charge on any atom is 0.262 e. The van der Waals surface area contributed by atoms with E-state index in [1.54, 1.807) is 13.1 Å². The number of hydrogen-bond donors (Lipinski definition) is 1. The molecule has 0 saturated heterocycles. The molecule has 130 valence electrons. The Balaban J connectivity index is 1.48. The van der Waals surface area contributed by atoms with Gasteiger partial charge < -0.3 is 10.1 Å². The second-order valence-corrected chi connectivity index (χ2v) is 7.04. The molecule has 0 fully saturated rings. The van der Waals surface area contributed by atoms with Gasteiger partial charge >= 0.3 is 0 Å². The van der Waals surface area contributed by atoms with E-state index in [2.05, 4.69) is 10.3 Å². The van der Waals surface area contributed by atoms with Gasteiger partial charge in [-0.1, -0.05) is 30.0 Å². The molecule has 2 aromatic heterocycles. The molecule has 0 aliphatic rings. The minimum absolute atomic E-state index is 0.0922. The minimum Gasteiger partial charge on any atom is -0.492 e. The topological polar surface area (TPSA) is 73.2 Å². The van der Waals surface area contributed by atoms with Gasteiger partial charge in [0.25, 0.3) is 5.56 Å². The van der Waals surface area contributed by atoms with Crippen LogP contribution in [0.15, 0.2) is 51.7 Å². The molecule has 0 saturated carbocycles. The molecule has 1 amide bonds. The third-order valence-corrected chi connectivity index (χ3v) is 5.27. The number of fused-ring (bicyclic) bond motifs is 1. The summed E-state index contributed by atoms with van der Waals surface area (Å²) in [6.07, 6.45) is 0. The first kappa shape index (κ1) is 17.5. The summed E-state index contributed by atoms with van der Waals surface area (Å²) in [5, 5.41) is 5.78. The largest absolute Gasteiger partial charge is 0.492 e. The van der Waals surface area contributed by atoms with Crippen molar-refractivity contribution >= 4 is 39.2 Å². The average Bonchev–Trinajstić information content (AvgIpc) is 3.10. The number of nitrogens with one attached hydrogen (secondary N) is 1. The summed E-state index contributed by atoms with van der Waals surface area (Å²) in [6, 6.07) is 11.2. The van der Waals surface area contributed by atoms with Gasteiger partial charge in [0.2, 0.25) is 5.91 Å².